The molecule has 0 aromatic rings. The Bertz CT molecular complexity index is 626. The van der Waals surface area contributed by atoms with Crippen LogP contribution in [0.5, 0.6) is 0 Å². The van der Waals surface area contributed by atoms with Crippen molar-refractivity contribution in [2.45, 2.75) is 90.3 Å². The molecule has 0 unspecified atom stereocenters. The Balaban J connectivity index is 1.48. The third-order valence-electron chi connectivity index (χ3n) is 9.41. The van der Waals surface area contributed by atoms with Gasteiger partial charge in [-0.1, -0.05) is 33.3 Å². The number of hydrogen-bond donors (Lipinski definition) is 2. The summed E-state index contributed by atoms with van der Waals surface area (Å²) in [4.78, 5) is 12.0. The van der Waals surface area contributed by atoms with E-state index in [2.05, 4.69) is 37.5 Å². The Hall–Kier alpha value is -0.830. The van der Waals surface area contributed by atoms with Crippen molar-refractivity contribution in [3.63, 3.8) is 0 Å². The zero-order chi connectivity index (χ0) is 18.1. The van der Waals surface area contributed by atoms with E-state index in [1.165, 1.54) is 51.4 Å². The van der Waals surface area contributed by atoms with Gasteiger partial charge in [0.05, 0.1) is 0 Å². The third-order valence-corrected chi connectivity index (χ3v) is 9.41. The number of fused-ring (bicyclic) bond motifs is 5. The van der Waals surface area contributed by atoms with E-state index in [0.717, 1.165) is 35.8 Å². The van der Waals surface area contributed by atoms with Crippen molar-refractivity contribution in [1.82, 2.24) is 10.6 Å². The molecule has 0 bridgehead atoms. The van der Waals surface area contributed by atoms with Gasteiger partial charge in [-0.3, -0.25) is 4.79 Å². The van der Waals surface area contributed by atoms with Gasteiger partial charge in [-0.25, -0.2) is 0 Å². The van der Waals surface area contributed by atoms with Crippen molar-refractivity contribution >= 4 is 5.91 Å². The molecule has 0 aromatic heterocycles. The van der Waals surface area contributed by atoms with Crippen LogP contribution >= 0.6 is 0 Å². The van der Waals surface area contributed by atoms with Crippen molar-refractivity contribution < 1.29 is 4.79 Å². The van der Waals surface area contributed by atoms with Crippen molar-refractivity contribution in [2.75, 3.05) is 0 Å². The second-order valence-corrected chi connectivity index (χ2v) is 10.6. The molecule has 4 saturated carbocycles. The lowest BCUT2D eigenvalue weighted by Gasteiger charge is -2.61. The lowest BCUT2D eigenvalue weighted by Crippen LogP contribution is -2.62. The average Bonchev–Trinajstić information content (AvgIpc) is 3.37. The SMILES string of the molecule is CC[C@H]1C[C@H]2NC(=O)C=C[C@]2(C)[C@H]2CC[C@]3(C)[C@@H](NC4CC4)CC[C@H]3[C@H]12. The number of carbonyl (C=O) groups excluding carboxylic acids is 1. The normalized spacial score (nSPS) is 52.8. The Kier molecular flexibility index (Phi) is 3.88. The van der Waals surface area contributed by atoms with Crippen LogP contribution in [0, 0.1) is 34.5 Å². The maximum Gasteiger partial charge on any atom is 0.243 e. The minimum absolute atomic E-state index is 0.121. The van der Waals surface area contributed by atoms with Gasteiger partial charge in [0.15, 0.2) is 0 Å². The van der Waals surface area contributed by atoms with Gasteiger partial charge in [-0.05, 0) is 80.1 Å². The summed E-state index contributed by atoms with van der Waals surface area (Å²) in [6.07, 6.45) is 14.8. The van der Waals surface area contributed by atoms with Crippen LogP contribution in [0.1, 0.15) is 72.1 Å². The molecule has 1 aliphatic heterocycles. The molecule has 3 heteroatoms. The maximum atomic E-state index is 12.0. The van der Waals surface area contributed by atoms with Crippen LogP contribution in [-0.4, -0.2) is 24.0 Å². The Morgan fingerprint density at radius 2 is 1.96 bits per heavy atom. The van der Waals surface area contributed by atoms with E-state index in [4.69, 9.17) is 0 Å². The second-order valence-electron chi connectivity index (χ2n) is 10.6. The molecule has 1 heterocycles. The smallest absolute Gasteiger partial charge is 0.243 e. The van der Waals surface area contributed by atoms with Gasteiger partial charge in [0, 0.05) is 23.5 Å². The molecule has 8 atom stereocenters. The van der Waals surface area contributed by atoms with Crippen LogP contribution in [0.4, 0.5) is 0 Å². The highest BCUT2D eigenvalue weighted by atomic mass is 16.1. The van der Waals surface area contributed by atoms with Gasteiger partial charge in [0.1, 0.15) is 0 Å². The summed E-state index contributed by atoms with van der Waals surface area (Å²) < 4.78 is 0. The van der Waals surface area contributed by atoms with E-state index >= 15 is 0 Å². The second kappa shape index (κ2) is 5.83. The van der Waals surface area contributed by atoms with Gasteiger partial charge in [0.2, 0.25) is 5.91 Å². The van der Waals surface area contributed by atoms with E-state index in [-0.39, 0.29) is 11.3 Å². The molecule has 4 fully saturated rings. The predicted molar refractivity (Wildman–Crippen MR) is 105 cm³/mol. The fourth-order valence-corrected chi connectivity index (χ4v) is 7.73. The zero-order valence-corrected chi connectivity index (χ0v) is 16.8. The molecule has 1 amide bonds. The first-order chi connectivity index (χ1) is 12.5. The van der Waals surface area contributed by atoms with Crippen LogP contribution in [0.2, 0.25) is 0 Å². The van der Waals surface area contributed by atoms with E-state index < -0.39 is 0 Å². The summed E-state index contributed by atoms with van der Waals surface area (Å²) in [6.45, 7) is 7.43. The molecule has 4 aliphatic carbocycles. The minimum atomic E-state index is 0.121. The number of amides is 1. The van der Waals surface area contributed by atoms with Crippen LogP contribution < -0.4 is 10.6 Å². The summed E-state index contributed by atoms with van der Waals surface area (Å²) in [7, 11) is 0. The molecule has 0 aromatic carbocycles. The van der Waals surface area contributed by atoms with E-state index in [0.29, 0.717) is 11.5 Å². The number of hydrogen-bond acceptors (Lipinski definition) is 2. The highest BCUT2D eigenvalue weighted by molar-refractivity contribution is 5.89. The minimum Gasteiger partial charge on any atom is -0.349 e. The number of nitrogens with one attached hydrogen (secondary N) is 2. The Morgan fingerprint density at radius 1 is 1.15 bits per heavy atom. The first-order valence-electron chi connectivity index (χ1n) is 11.2. The van der Waals surface area contributed by atoms with Gasteiger partial charge >= 0.3 is 0 Å². The van der Waals surface area contributed by atoms with Crippen molar-refractivity contribution in [2.24, 2.45) is 34.5 Å². The molecular weight excluding hydrogens is 320 g/mol. The fraction of sp³-hybridized carbons (Fsp3) is 0.870. The number of rotatable bonds is 3. The molecule has 3 nitrogen and oxygen atoms in total. The van der Waals surface area contributed by atoms with Gasteiger partial charge in [0.25, 0.3) is 0 Å². The van der Waals surface area contributed by atoms with Crippen LogP contribution in [0.25, 0.3) is 0 Å². The topological polar surface area (TPSA) is 41.1 Å². The lowest BCUT2D eigenvalue weighted by atomic mass is 9.45. The van der Waals surface area contributed by atoms with Crippen molar-refractivity contribution in [3.8, 4) is 0 Å². The summed E-state index contributed by atoms with van der Waals surface area (Å²) >= 11 is 0. The predicted octanol–water partition coefficient (Wildman–Crippen LogP) is 4.04. The van der Waals surface area contributed by atoms with E-state index in [1.54, 1.807) is 0 Å². The summed E-state index contributed by atoms with van der Waals surface area (Å²) in [5.74, 6) is 3.34. The Morgan fingerprint density at radius 3 is 2.69 bits per heavy atom. The molecular formula is C23H36N2O. The highest BCUT2D eigenvalue weighted by Gasteiger charge is 2.62. The quantitative estimate of drug-likeness (QED) is 0.801. The van der Waals surface area contributed by atoms with Crippen molar-refractivity contribution in [1.29, 1.82) is 0 Å². The standard InChI is InChI=1S/C23H36N2O/c1-4-14-13-19-23(3,12-10-20(26)25-19)17-9-11-22(2)16(21(14)17)7-8-18(22)24-15-5-6-15/h10,12,14-19,21,24H,4-9,11,13H2,1-3H3,(H,25,26)/t14-,16-,17-,18-,19+,21-,22-,23+/m0/s1. The largest absolute Gasteiger partial charge is 0.349 e. The lowest BCUT2D eigenvalue weighted by molar-refractivity contribution is -0.126. The summed E-state index contributed by atoms with van der Waals surface area (Å²) in [6, 6.07) is 1.91. The van der Waals surface area contributed by atoms with Gasteiger partial charge < -0.3 is 10.6 Å². The molecule has 0 saturated heterocycles. The van der Waals surface area contributed by atoms with Gasteiger partial charge in [-0.2, -0.15) is 0 Å². The van der Waals surface area contributed by atoms with Crippen molar-refractivity contribution in [3.05, 3.63) is 12.2 Å². The molecule has 5 aliphatic rings. The monoisotopic (exact) mass is 356 g/mol. The maximum absolute atomic E-state index is 12.0. The van der Waals surface area contributed by atoms with E-state index in [1.807, 2.05) is 6.08 Å². The highest BCUT2D eigenvalue weighted by Crippen LogP contribution is 2.65. The molecule has 26 heavy (non-hydrogen) atoms. The molecule has 5 rings (SSSR count). The van der Waals surface area contributed by atoms with E-state index in [9.17, 15) is 4.79 Å². The molecule has 2 N–H and O–H groups in total. The van der Waals surface area contributed by atoms with Crippen LogP contribution in [0.3, 0.4) is 0 Å². The average molecular weight is 357 g/mol. The van der Waals surface area contributed by atoms with Gasteiger partial charge in [-0.15, -0.1) is 0 Å². The molecule has 0 radical (unpaired) electrons. The van der Waals surface area contributed by atoms with Crippen LogP contribution in [-0.2, 0) is 4.79 Å². The van der Waals surface area contributed by atoms with Crippen LogP contribution in [0.15, 0.2) is 12.2 Å². The first kappa shape index (κ1) is 17.3. The number of carbonyl (C=O) groups is 1. The third kappa shape index (κ3) is 2.38. The Labute approximate surface area is 158 Å². The molecule has 144 valence electrons. The first-order valence-corrected chi connectivity index (χ1v) is 11.2. The molecule has 0 spiro atoms. The summed E-state index contributed by atoms with van der Waals surface area (Å²) in [5.41, 5.74) is 0.648. The fourth-order valence-electron chi connectivity index (χ4n) is 7.73. The summed E-state index contributed by atoms with van der Waals surface area (Å²) in [5, 5.41) is 7.35. The zero-order valence-electron chi connectivity index (χ0n) is 16.8.